The summed E-state index contributed by atoms with van der Waals surface area (Å²) in [6.45, 7) is 3.80. The minimum atomic E-state index is -0.577. The smallest absolute Gasteiger partial charge is 0.160 e. The molecule has 5 rings (SSSR count). The average molecular weight is 631 g/mol. The van der Waals surface area contributed by atoms with Gasteiger partial charge in [0.25, 0.3) is 0 Å². The summed E-state index contributed by atoms with van der Waals surface area (Å²) < 4.78 is 29.6. The van der Waals surface area contributed by atoms with E-state index in [1.54, 1.807) is 25.6 Å². The Hall–Kier alpha value is -2.52. The Kier molecular flexibility index (Phi) is 11.2. The number of fused-ring (bicyclic) bond motifs is 1. The van der Waals surface area contributed by atoms with Crippen LogP contribution in [0.25, 0.3) is 10.8 Å². The Morgan fingerprint density at radius 1 is 0.905 bits per heavy atom. The van der Waals surface area contributed by atoms with Crippen LogP contribution in [-0.2, 0) is 22.7 Å². The number of benzene rings is 3. The fourth-order valence-electron chi connectivity index (χ4n) is 5.41. The molecule has 2 heterocycles. The van der Waals surface area contributed by atoms with Gasteiger partial charge in [0, 0.05) is 41.1 Å². The van der Waals surface area contributed by atoms with Crippen LogP contribution in [-0.4, -0.2) is 56.5 Å². The summed E-state index contributed by atoms with van der Waals surface area (Å²) in [5.74, 6) is 2.64. The highest BCUT2D eigenvalue weighted by Gasteiger charge is 2.33. The van der Waals surface area contributed by atoms with Gasteiger partial charge in [0.1, 0.15) is 17.2 Å². The Morgan fingerprint density at radius 2 is 1.74 bits per heavy atom. The molecule has 1 aliphatic rings. The van der Waals surface area contributed by atoms with Gasteiger partial charge in [-0.2, -0.15) is 0 Å². The van der Waals surface area contributed by atoms with Crippen molar-refractivity contribution >= 4 is 45.3 Å². The Labute approximate surface area is 262 Å². The van der Waals surface area contributed by atoms with Gasteiger partial charge in [-0.3, -0.25) is 4.90 Å². The summed E-state index contributed by atoms with van der Waals surface area (Å²) in [6.07, 6.45) is 1.63. The Bertz CT molecular complexity index is 1400. The number of nitrogens with zero attached hydrogens (tertiary/aromatic N) is 1. The van der Waals surface area contributed by atoms with E-state index in [1.807, 2.05) is 47.4 Å². The minimum absolute atomic E-state index is 0.0922. The number of hydrogen-bond donors (Lipinski definition) is 0. The van der Waals surface area contributed by atoms with Crippen LogP contribution in [0.5, 0.6) is 17.2 Å². The summed E-state index contributed by atoms with van der Waals surface area (Å²) in [7, 11) is 3.36. The van der Waals surface area contributed by atoms with Crippen LogP contribution >= 0.6 is 34.5 Å². The average Bonchev–Trinajstić information content (AvgIpc) is 3.55. The maximum atomic E-state index is 6.60. The lowest BCUT2D eigenvalue weighted by Gasteiger charge is -2.39. The summed E-state index contributed by atoms with van der Waals surface area (Å²) in [5.41, 5.74) is 2.22. The predicted octanol–water partition coefficient (Wildman–Crippen LogP) is 8.04. The van der Waals surface area contributed by atoms with Gasteiger partial charge >= 0.3 is 0 Å². The maximum absolute atomic E-state index is 6.60. The van der Waals surface area contributed by atoms with E-state index in [-0.39, 0.29) is 12.0 Å². The first kappa shape index (κ1) is 30.9. The molecule has 3 aromatic carbocycles. The standard InChI is InChI=1S/C33H37Cl2NO5S/c1-37-30-8-3-7-28-29(30)18-23(19-31(28)38-2)21-41-32-20-36(33(34)35)14-13-27(32)24-9-11-25(12-10-24)40-16-5-15-39-22-26-6-4-17-42-26/h3-4,6-12,17-19,27,32-33H,5,13-16,20-22H2,1-2H3. The number of ether oxygens (including phenoxy) is 5. The number of thiophene rings is 1. The molecule has 0 spiro atoms. The van der Waals surface area contributed by atoms with Gasteiger partial charge in [-0.15, -0.1) is 11.3 Å². The molecule has 0 N–H and O–H groups in total. The van der Waals surface area contributed by atoms with Gasteiger partial charge in [-0.1, -0.05) is 53.5 Å². The van der Waals surface area contributed by atoms with Crippen LogP contribution in [0.3, 0.4) is 0 Å². The van der Waals surface area contributed by atoms with Crippen LogP contribution in [0.4, 0.5) is 0 Å². The summed E-state index contributed by atoms with van der Waals surface area (Å²) >= 11 is 14.3. The molecule has 0 radical (unpaired) electrons. The second-order valence-corrected chi connectivity index (χ2v) is 12.4. The molecule has 1 fully saturated rings. The Balaban J connectivity index is 1.21. The molecule has 2 atom stereocenters. The van der Waals surface area contributed by atoms with Gasteiger partial charge in [0.15, 0.2) is 4.96 Å². The predicted molar refractivity (Wildman–Crippen MR) is 171 cm³/mol. The normalized spacial score (nSPS) is 17.5. The van der Waals surface area contributed by atoms with Gasteiger partial charge < -0.3 is 23.7 Å². The van der Waals surface area contributed by atoms with Crippen molar-refractivity contribution in [2.24, 2.45) is 0 Å². The highest BCUT2D eigenvalue weighted by molar-refractivity contribution is 7.09. The first-order valence-corrected chi connectivity index (χ1v) is 15.9. The number of hydrogen-bond acceptors (Lipinski definition) is 7. The Morgan fingerprint density at radius 3 is 2.48 bits per heavy atom. The molecule has 1 saturated heterocycles. The molecule has 0 saturated carbocycles. The number of rotatable bonds is 14. The van der Waals surface area contributed by atoms with E-state index < -0.39 is 4.96 Å². The molecular formula is C33H37Cl2NO5S. The topological polar surface area (TPSA) is 49.4 Å². The van der Waals surface area contributed by atoms with Crippen molar-refractivity contribution < 1.29 is 23.7 Å². The number of methoxy groups -OCH3 is 2. The molecular weight excluding hydrogens is 593 g/mol. The fraction of sp³-hybridized carbons (Fsp3) is 0.394. The SMILES string of the molecule is COc1cc(COC2CN(C(Cl)Cl)CCC2c2ccc(OCCCOCc3cccs3)cc2)cc2c(OC)cccc12. The number of halogens is 2. The zero-order valence-corrected chi connectivity index (χ0v) is 26.3. The number of likely N-dealkylation sites (tertiary alicyclic amines) is 1. The molecule has 6 nitrogen and oxygen atoms in total. The molecule has 2 unspecified atom stereocenters. The lowest BCUT2D eigenvalue weighted by molar-refractivity contribution is -0.0226. The van der Waals surface area contributed by atoms with E-state index in [1.165, 1.54) is 10.4 Å². The summed E-state index contributed by atoms with van der Waals surface area (Å²) in [5, 5.41) is 4.06. The van der Waals surface area contributed by atoms with Crippen LogP contribution in [0.1, 0.15) is 34.8 Å². The molecule has 224 valence electrons. The third-order valence-electron chi connectivity index (χ3n) is 7.58. The molecule has 0 amide bonds. The molecule has 1 aliphatic heterocycles. The van der Waals surface area contributed by atoms with Crippen molar-refractivity contribution in [2.45, 2.75) is 43.0 Å². The number of alkyl halides is 2. The molecule has 0 aliphatic carbocycles. The molecule has 9 heteroatoms. The minimum Gasteiger partial charge on any atom is -0.496 e. The summed E-state index contributed by atoms with van der Waals surface area (Å²) in [6, 6.07) is 22.6. The third-order valence-corrected chi connectivity index (χ3v) is 8.98. The quantitative estimate of drug-likeness (QED) is 0.0799. The second kappa shape index (κ2) is 15.3. The van der Waals surface area contributed by atoms with Gasteiger partial charge in [-0.05, 0) is 59.3 Å². The van der Waals surface area contributed by atoms with E-state index in [0.717, 1.165) is 53.0 Å². The van der Waals surface area contributed by atoms with Gasteiger partial charge in [-0.25, -0.2) is 0 Å². The molecule has 1 aromatic heterocycles. The van der Waals surface area contributed by atoms with Crippen molar-refractivity contribution in [3.8, 4) is 17.2 Å². The van der Waals surface area contributed by atoms with Crippen molar-refractivity contribution in [3.05, 3.63) is 88.1 Å². The van der Waals surface area contributed by atoms with Crippen molar-refractivity contribution in [2.75, 3.05) is 40.5 Å². The summed E-state index contributed by atoms with van der Waals surface area (Å²) in [4.78, 5) is 2.71. The van der Waals surface area contributed by atoms with E-state index >= 15 is 0 Å². The van der Waals surface area contributed by atoms with Crippen LogP contribution < -0.4 is 14.2 Å². The largest absolute Gasteiger partial charge is 0.496 e. The molecule has 42 heavy (non-hydrogen) atoms. The first-order valence-electron chi connectivity index (χ1n) is 14.2. The third kappa shape index (κ3) is 7.90. The lowest BCUT2D eigenvalue weighted by Crippen LogP contribution is -2.45. The highest BCUT2D eigenvalue weighted by atomic mass is 35.5. The molecule has 0 bridgehead atoms. The van der Waals surface area contributed by atoms with Crippen LogP contribution in [0.15, 0.2) is 72.1 Å². The lowest BCUT2D eigenvalue weighted by atomic mass is 9.87. The van der Waals surface area contributed by atoms with Gasteiger partial charge in [0.2, 0.25) is 0 Å². The fourth-order valence-corrected chi connectivity index (χ4v) is 6.41. The van der Waals surface area contributed by atoms with E-state index in [4.69, 9.17) is 46.9 Å². The first-order chi connectivity index (χ1) is 20.6. The monoisotopic (exact) mass is 629 g/mol. The van der Waals surface area contributed by atoms with Gasteiger partial charge in [0.05, 0.1) is 46.8 Å². The van der Waals surface area contributed by atoms with E-state index in [9.17, 15) is 0 Å². The molecule has 4 aromatic rings. The van der Waals surface area contributed by atoms with Crippen LogP contribution in [0.2, 0.25) is 0 Å². The number of piperidine rings is 1. The highest BCUT2D eigenvalue weighted by Crippen LogP contribution is 2.36. The zero-order valence-electron chi connectivity index (χ0n) is 24.0. The van der Waals surface area contributed by atoms with Crippen molar-refractivity contribution in [1.82, 2.24) is 4.90 Å². The van der Waals surface area contributed by atoms with Crippen molar-refractivity contribution in [1.29, 1.82) is 0 Å². The zero-order chi connectivity index (χ0) is 29.3. The van der Waals surface area contributed by atoms with E-state index in [0.29, 0.717) is 33.0 Å². The maximum Gasteiger partial charge on any atom is 0.160 e. The van der Waals surface area contributed by atoms with Crippen molar-refractivity contribution in [3.63, 3.8) is 0 Å². The van der Waals surface area contributed by atoms with Crippen LogP contribution in [0, 0.1) is 0 Å². The second-order valence-electron chi connectivity index (χ2n) is 10.3. The van der Waals surface area contributed by atoms with E-state index in [2.05, 4.69) is 29.6 Å².